The van der Waals surface area contributed by atoms with Crippen molar-refractivity contribution in [3.63, 3.8) is 0 Å². The van der Waals surface area contributed by atoms with Crippen LogP contribution in [0.4, 0.5) is 0 Å². The van der Waals surface area contributed by atoms with Crippen LogP contribution >= 0.6 is 0 Å². The van der Waals surface area contributed by atoms with Crippen molar-refractivity contribution in [2.75, 3.05) is 21.3 Å². The number of esters is 1. The van der Waals surface area contributed by atoms with Crippen LogP contribution in [-0.2, 0) is 16.1 Å². The molecule has 0 saturated heterocycles. The van der Waals surface area contributed by atoms with E-state index in [4.69, 9.17) is 14.2 Å². The van der Waals surface area contributed by atoms with E-state index in [-0.39, 0.29) is 17.9 Å². The second kappa shape index (κ2) is 7.75. The molecule has 0 amide bonds. The van der Waals surface area contributed by atoms with E-state index >= 15 is 0 Å². The number of hydrogen-bond acceptors (Lipinski definition) is 5. The fourth-order valence-corrected chi connectivity index (χ4v) is 1.94. The summed E-state index contributed by atoms with van der Waals surface area (Å²) in [6.07, 6.45) is 0. The van der Waals surface area contributed by atoms with Gasteiger partial charge >= 0.3 is 5.97 Å². The molecule has 0 aliphatic carbocycles. The van der Waals surface area contributed by atoms with E-state index in [2.05, 4.69) is 5.32 Å². The highest BCUT2D eigenvalue weighted by molar-refractivity contribution is 5.75. The summed E-state index contributed by atoms with van der Waals surface area (Å²) in [5.74, 6) is 1.35. The molecule has 0 aliphatic rings. The maximum absolute atomic E-state index is 11.7. The number of rotatable bonds is 7. The molecule has 0 spiro atoms. The first-order chi connectivity index (χ1) is 9.53. The Morgan fingerprint density at radius 2 is 1.90 bits per heavy atom. The van der Waals surface area contributed by atoms with Crippen LogP contribution in [0.25, 0.3) is 0 Å². The zero-order valence-electron chi connectivity index (χ0n) is 12.7. The van der Waals surface area contributed by atoms with Gasteiger partial charge in [0.2, 0.25) is 0 Å². The van der Waals surface area contributed by atoms with E-state index in [1.54, 1.807) is 14.2 Å². The van der Waals surface area contributed by atoms with Gasteiger partial charge in [-0.25, -0.2) is 0 Å². The quantitative estimate of drug-likeness (QED) is 0.775. The average molecular weight is 281 g/mol. The molecule has 1 N–H and O–H groups in total. The van der Waals surface area contributed by atoms with E-state index in [0.717, 1.165) is 17.1 Å². The number of nitrogens with one attached hydrogen (secondary N) is 1. The van der Waals surface area contributed by atoms with Crippen LogP contribution in [-0.4, -0.2) is 33.3 Å². The van der Waals surface area contributed by atoms with Gasteiger partial charge in [-0.3, -0.25) is 10.1 Å². The van der Waals surface area contributed by atoms with Gasteiger partial charge in [-0.05, 0) is 12.0 Å². The summed E-state index contributed by atoms with van der Waals surface area (Å²) in [6.45, 7) is 4.46. The minimum atomic E-state index is -0.341. The Hall–Kier alpha value is -1.75. The summed E-state index contributed by atoms with van der Waals surface area (Å²) >= 11 is 0. The van der Waals surface area contributed by atoms with Crippen molar-refractivity contribution in [2.24, 2.45) is 5.92 Å². The second-order valence-electron chi connectivity index (χ2n) is 4.80. The predicted molar refractivity (Wildman–Crippen MR) is 77.0 cm³/mol. The van der Waals surface area contributed by atoms with Crippen molar-refractivity contribution in [1.82, 2.24) is 5.32 Å². The minimum Gasteiger partial charge on any atom is -0.497 e. The third kappa shape index (κ3) is 4.13. The van der Waals surface area contributed by atoms with Crippen molar-refractivity contribution in [3.05, 3.63) is 23.8 Å². The van der Waals surface area contributed by atoms with E-state index < -0.39 is 0 Å². The number of ether oxygens (including phenoxy) is 3. The molecular formula is C15H23NO4. The van der Waals surface area contributed by atoms with Gasteiger partial charge in [0.25, 0.3) is 0 Å². The standard InChI is InChI=1S/C15H23NO4/c1-10(2)14(15(17)20-5)16-9-11-6-7-12(18-3)8-13(11)19-4/h6-8,10,14,16H,9H2,1-5H3/t14-/m0/s1. The molecule has 0 aromatic heterocycles. The Bertz CT molecular complexity index is 445. The molecule has 0 bridgehead atoms. The van der Waals surface area contributed by atoms with Gasteiger partial charge in [-0.1, -0.05) is 19.9 Å². The first-order valence-electron chi connectivity index (χ1n) is 6.55. The largest absolute Gasteiger partial charge is 0.497 e. The first kappa shape index (κ1) is 16.3. The fourth-order valence-electron chi connectivity index (χ4n) is 1.94. The van der Waals surface area contributed by atoms with Crippen LogP contribution in [0, 0.1) is 5.92 Å². The molecule has 1 atom stereocenters. The van der Waals surface area contributed by atoms with Crippen LogP contribution in [0.15, 0.2) is 18.2 Å². The number of carbonyl (C=O) groups excluding carboxylic acids is 1. The Kier molecular flexibility index (Phi) is 6.31. The molecular weight excluding hydrogens is 258 g/mol. The summed E-state index contributed by atoms with van der Waals surface area (Å²) < 4.78 is 15.3. The molecule has 20 heavy (non-hydrogen) atoms. The molecule has 0 saturated carbocycles. The maximum atomic E-state index is 11.7. The van der Waals surface area contributed by atoms with Gasteiger partial charge in [0.15, 0.2) is 0 Å². The summed E-state index contributed by atoms with van der Waals surface area (Å²) in [6, 6.07) is 5.26. The van der Waals surface area contributed by atoms with Crippen molar-refractivity contribution >= 4 is 5.97 Å². The molecule has 0 heterocycles. The van der Waals surface area contributed by atoms with Gasteiger partial charge in [-0.2, -0.15) is 0 Å². The van der Waals surface area contributed by atoms with Gasteiger partial charge in [0.05, 0.1) is 21.3 Å². The number of hydrogen-bond donors (Lipinski definition) is 1. The van der Waals surface area contributed by atoms with Crippen LogP contribution < -0.4 is 14.8 Å². The smallest absolute Gasteiger partial charge is 0.323 e. The normalized spacial score (nSPS) is 12.1. The second-order valence-corrected chi connectivity index (χ2v) is 4.80. The minimum absolute atomic E-state index is 0.145. The number of methoxy groups -OCH3 is 3. The first-order valence-corrected chi connectivity index (χ1v) is 6.55. The van der Waals surface area contributed by atoms with Crippen LogP contribution in [0.1, 0.15) is 19.4 Å². The molecule has 112 valence electrons. The van der Waals surface area contributed by atoms with E-state index in [9.17, 15) is 4.79 Å². The van der Waals surface area contributed by atoms with Crippen LogP contribution in [0.3, 0.4) is 0 Å². The third-order valence-electron chi connectivity index (χ3n) is 3.13. The zero-order valence-corrected chi connectivity index (χ0v) is 12.7. The molecule has 0 unspecified atom stereocenters. The van der Waals surface area contributed by atoms with Gasteiger partial charge in [0.1, 0.15) is 17.5 Å². The Labute approximate surface area is 120 Å². The van der Waals surface area contributed by atoms with Crippen LogP contribution in [0.2, 0.25) is 0 Å². The lowest BCUT2D eigenvalue weighted by molar-refractivity contribution is -0.144. The topological polar surface area (TPSA) is 56.8 Å². The Morgan fingerprint density at radius 3 is 2.40 bits per heavy atom. The summed E-state index contributed by atoms with van der Waals surface area (Å²) in [7, 11) is 4.62. The van der Waals surface area contributed by atoms with Gasteiger partial charge in [-0.15, -0.1) is 0 Å². The maximum Gasteiger partial charge on any atom is 0.323 e. The average Bonchev–Trinajstić information content (AvgIpc) is 2.46. The lowest BCUT2D eigenvalue weighted by Gasteiger charge is -2.20. The third-order valence-corrected chi connectivity index (χ3v) is 3.13. The number of benzene rings is 1. The van der Waals surface area contributed by atoms with Crippen molar-refractivity contribution in [2.45, 2.75) is 26.4 Å². The SMILES string of the molecule is COC(=O)[C@@H](NCc1ccc(OC)cc1OC)C(C)C. The van der Waals surface area contributed by atoms with Crippen molar-refractivity contribution in [3.8, 4) is 11.5 Å². The number of carbonyl (C=O) groups is 1. The van der Waals surface area contributed by atoms with E-state index in [0.29, 0.717) is 6.54 Å². The highest BCUT2D eigenvalue weighted by Crippen LogP contribution is 2.24. The van der Waals surface area contributed by atoms with Gasteiger partial charge < -0.3 is 14.2 Å². The molecule has 5 nitrogen and oxygen atoms in total. The Balaban J connectivity index is 2.79. The molecule has 1 aromatic rings. The zero-order chi connectivity index (χ0) is 15.1. The summed E-state index contributed by atoms with van der Waals surface area (Å²) in [5.41, 5.74) is 0.961. The molecule has 0 fully saturated rings. The highest BCUT2D eigenvalue weighted by atomic mass is 16.5. The molecule has 1 rings (SSSR count). The molecule has 0 aliphatic heterocycles. The van der Waals surface area contributed by atoms with Gasteiger partial charge in [0, 0.05) is 18.2 Å². The fraction of sp³-hybridized carbons (Fsp3) is 0.533. The molecule has 0 radical (unpaired) electrons. The summed E-state index contributed by atoms with van der Waals surface area (Å²) in [4.78, 5) is 11.7. The van der Waals surface area contributed by atoms with Crippen molar-refractivity contribution in [1.29, 1.82) is 0 Å². The Morgan fingerprint density at radius 1 is 1.20 bits per heavy atom. The molecule has 5 heteroatoms. The highest BCUT2D eigenvalue weighted by Gasteiger charge is 2.22. The monoisotopic (exact) mass is 281 g/mol. The van der Waals surface area contributed by atoms with E-state index in [1.807, 2.05) is 32.0 Å². The lowest BCUT2D eigenvalue weighted by atomic mass is 10.0. The van der Waals surface area contributed by atoms with Crippen molar-refractivity contribution < 1.29 is 19.0 Å². The predicted octanol–water partition coefficient (Wildman–Crippen LogP) is 1.99. The molecule has 1 aromatic carbocycles. The summed E-state index contributed by atoms with van der Waals surface area (Å²) in [5, 5.41) is 3.20. The van der Waals surface area contributed by atoms with Crippen LogP contribution in [0.5, 0.6) is 11.5 Å². The lowest BCUT2D eigenvalue weighted by Crippen LogP contribution is -2.41. The van der Waals surface area contributed by atoms with E-state index in [1.165, 1.54) is 7.11 Å².